The van der Waals surface area contributed by atoms with E-state index in [9.17, 15) is 4.79 Å². The molecule has 0 radical (unpaired) electrons. The van der Waals surface area contributed by atoms with Gasteiger partial charge in [0.1, 0.15) is 23.7 Å². The number of H-pyrrole nitrogens is 1. The molecule has 0 bridgehead atoms. The maximum atomic E-state index is 13.2. The zero-order chi connectivity index (χ0) is 19.1. The number of amides is 1. The van der Waals surface area contributed by atoms with Crippen LogP contribution in [0.15, 0.2) is 24.3 Å². The number of ether oxygens (including phenoxy) is 1. The Hall–Kier alpha value is -2.34. The number of rotatable bonds is 3. The highest BCUT2D eigenvalue weighted by Gasteiger charge is 2.35. The molecule has 2 aromatic rings. The van der Waals surface area contributed by atoms with Gasteiger partial charge >= 0.3 is 0 Å². The molecule has 1 N–H and O–H groups in total. The van der Waals surface area contributed by atoms with Crippen LogP contribution in [-0.2, 0) is 6.61 Å². The van der Waals surface area contributed by atoms with Crippen molar-refractivity contribution in [1.29, 1.82) is 0 Å². The highest BCUT2D eigenvalue weighted by Crippen LogP contribution is 2.37. The summed E-state index contributed by atoms with van der Waals surface area (Å²) >= 11 is 0. The molecule has 4 heterocycles. The van der Waals surface area contributed by atoms with Gasteiger partial charge in [-0.25, -0.2) is 0 Å². The lowest BCUT2D eigenvalue weighted by Crippen LogP contribution is -2.51. The second-order valence-corrected chi connectivity index (χ2v) is 8.40. The van der Waals surface area contributed by atoms with E-state index in [-0.39, 0.29) is 5.91 Å². The lowest BCUT2D eigenvalue weighted by atomic mass is 9.83. The largest absolute Gasteiger partial charge is 0.488 e. The predicted molar refractivity (Wildman–Crippen MR) is 107 cm³/mol. The van der Waals surface area contributed by atoms with Gasteiger partial charge in [-0.1, -0.05) is 18.6 Å². The van der Waals surface area contributed by atoms with Gasteiger partial charge in [0.2, 0.25) is 0 Å². The normalized spacial score (nSPS) is 23.9. The molecule has 5 rings (SSSR count). The Kier molecular flexibility index (Phi) is 4.59. The molecule has 0 spiro atoms. The highest BCUT2D eigenvalue weighted by atomic mass is 16.5. The number of aromatic amines is 1. The Morgan fingerprint density at radius 3 is 3.04 bits per heavy atom. The Labute approximate surface area is 165 Å². The third-order valence-corrected chi connectivity index (χ3v) is 6.68. The van der Waals surface area contributed by atoms with E-state index in [1.807, 2.05) is 36.2 Å². The summed E-state index contributed by atoms with van der Waals surface area (Å²) in [4.78, 5) is 17.7. The summed E-state index contributed by atoms with van der Waals surface area (Å²) in [5.41, 5.74) is 3.24. The number of para-hydroxylation sites is 1. The lowest BCUT2D eigenvalue weighted by Gasteiger charge is -2.45. The summed E-state index contributed by atoms with van der Waals surface area (Å²) in [6.07, 6.45) is 6.38. The third kappa shape index (κ3) is 3.00. The van der Waals surface area contributed by atoms with Gasteiger partial charge in [0, 0.05) is 30.8 Å². The molecule has 2 fully saturated rings. The summed E-state index contributed by atoms with van der Waals surface area (Å²) in [6, 6.07) is 8.50. The van der Waals surface area contributed by atoms with Crippen LogP contribution in [0.25, 0.3) is 11.3 Å². The number of carbonyl (C=O) groups excluding carboxylic acids is 1. The Morgan fingerprint density at radius 1 is 1.25 bits per heavy atom. The molecule has 28 heavy (non-hydrogen) atoms. The van der Waals surface area contributed by atoms with Crippen molar-refractivity contribution in [3.63, 3.8) is 0 Å². The van der Waals surface area contributed by atoms with Crippen LogP contribution in [0, 0.1) is 5.92 Å². The minimum absolute atomic E-state index is 0.0182. The molecule has 148 valence electrons. The van der Waals surface area contributed by atoms with Crippen molar-refractivity contribution >= 4 is 5.91 Å². The number of piperidine rings is 2. The van der Waals surface area contributed by atoms with E-state index >= 15 is 0 Å². The Morgan fingerprint density at radius 2 is 2.11 bits per heavy atom. The molecule has 1 amide bonds. The van der Waals surface area contributed by atoms with Gasteiger partial charge < -0.3 is 14.5 Å². The van der Waals surface area contributed by atoms with Crippen LogP contribution in [0.1, 0.15) is 48.2 Å². The SMILES string of the molecule is CN(CC1CCCN2CCCCC12)C(=O)c1[nH]nc2c1COc1ccccc1-2. The first-order valence-corrected chi connectivity index (χ1v) is 10.5. The van der Waals surface area contributed by atoms with Crippen LogP contribution in [0.2, 0.25) is 0 Å². The van der Waals surface area contributed by atoms with Gasteiger partial charge in [-0.15, -0.1) is 0 Å². The molecule has 6 heteroatoms. The number of aromatic nitrogens is 2. The fraction of sp³-hybridized carbons (Fsp3) is 0.545. The van der Waals surface area contributed by atoms with Crippen LogP contribution in [0.3, 0.4) is 0 Å². The van der Waals surface area contributed by atoms with Gasteiger partial charge in [-0.3, -0.25) is 9.89 Å². The Balaban J connectivity index is 1.34. The van der Waals surface area contributed by atoms with Crippen molar-refractivity contribution in [3.8, 4) is 17.0 Å². The molecule has 1 aromatic carbocycles. The van der Waals surface area contributed by atoms with Crippen LogP contribution in [0.5, 0.6) is 5.75 Å². The zero-order valence-electron chi connectivity index (χ0n) is 16.5. The van der Waals surface area contributed by atoms with Crippen molar-refractivity contribution in [2.75, 3.05) is 26.7 Å². The highest BCUT2D eigenvalue weighted by molar-refractivity contribution is 5.96. The average molecular weight is 380 g/mol. The number of nitrogens with one attached hydrogen (secondary N) is 1. The van der Waals surface area contributed by atoms with Gasteiger partial charge in [0.25, 0.3) is 5.91 Å². The van der Waals surface area contributed by atoms with Crippen LogP contribution >= 0.6 is 0 Å². The van der Waals surface area contributed by atoms with Crippen LogP contribution < -0.4 is 4.74 Å². The molecular formula is C22H28N4O2. The molecule has 6 nitrogen and oxygen atoms in total. The first-order chi connectivity index (χ1) is 13.7. The van der Waals surface area contributed by atoms with E-state index in [4.69, 9.17) is 4.74 Å². The molecule has 2 atom stereocenters. The maximum Gasteiger partial charge on any atom is 0.272 e. The summed E-state index contributed by atoms with van der Waals surface area (Å²) in [5.74, 6) is 1.41. The smallest absolute Gasteiger partial charge is 0.272 e. The second kappa shape index (κ2) is 7.24. The number of benzene rings is 1. The van der Waals surface area contributed by atoms with Gasteiger partial charge in [0.05, 0.1) is 0 Å². The second-order valence-electron chi connectivity index (χ2n) is 8.40. The van der Waals surface area contributed by atoms with E-state index in [0.717, 1.165) is 29.1 Å². The fourth-order valence-electron chi connectivity index (χ4n) is 5.26. The van der Waals surface area contributed by atoms with Crippen molar-refractivity contribution in [3.05, 3.63) is 35.5 Å². The van der Waals surface area contributed by atoms with E-state index < -0.39 is 0 Å². The molecule has 2 unspecified atom stereocenters. The number of carbonyl (C=O) groups is 1. The first kappa shape index (κ1) is 17.7. The molecule has 0 aliphatic carbocycles. The summed E-state index contributed by atoms with van der Waals surface area (Å²) in [7, 11) is 1.93. The minimum atomic E-state index is 0.0182. The minimum Gasteiger partial charge on any atom is -0.488 e. The topological polar surface area (TPSA) is 61.5 Å². The third-order valence-electron chi connectivity index (χ3n) is 6.68. The number of fused-ring (bicyclic) bond motifs is 4. The number of nitrogens with zero attached hydrogens (tertiary/aromatic N) is 3. The number of hydrogen-bond donors (Lipinski definition) is 1. The Bertz CT molecular complexity index is 875. The van der Waals surface area contributed by atoms with Crippen molar-refractivity contribution in [2.45, 2.75) is 44.8 Å². The summed E-state index contributed by atoms with van der Waals surface area (Å²) < 4.78 is 5.86. The van der Waals surface area contributed by atoms with Gasteiger partial charge in [0.15, 0.2) is 0 Å². The van der Waals surface area contributed by atoms with Crippen LogP contribution in [-0.4, -0.2) is 58.6 Å². The van der Waals surface area contributed by atoms with E-state index in [0.29, 0.717) is 24.3 Å². The fourth-order valence-corrected chi connectivity index (χ4v) is 5.26. The van der Waals surface area contributed by atoms with E-state index in [1.54, 1.807) is 0 Å². The molecule has 3 aliphatic heterocycles. The predicted octanol–water partition coefficient (Wildman–Crippen LogP) is 3.31. The van der Waals surface area contributed by atoms with Crippen molar-refractivity contribution < 1.29 is 9.53 Å². The average Bonchev–Trinajstić information content (AvgIpc) is 3.18. The standard InChI is InChI=1S/C22H28N4O2/c1-25(13-15-7-6-12-26-11-5-4-9-18(15)26)22(27)21-17-14-28-19-10-3-2-8-16(19)20(17)23-24-21/h2-3,8,10,15,18H,4-7,9,11-14H2,1H3,(H,23,24). The quantitative estimate of drug-likeness (QED) is 0.887. The van der Waals surface area contributed by atoms with Crippen molar-refractivity contribution in [1.82, 2.24) is 20.0 Å². The zero-order valence-corrected chi connectivity index (χ0v) is 16.5. The van der Waals surface area contributed by atoms with E-state index in [1.165, 1.54) is 45.2 Å². The van der Waals surface area contributed by atoms with Crippen molar-refractivity contribution in [2.24, 2.45) is 5.92 Å². The maximum absolute atomic E-state index is 13.2. The first-order valence-electron chi connectivity index (χ1n) is 10.5. The van der Waals surface area contributed by atoms with Gasteiger partial charge in [-0.2, -0.15) is 5.10 Å². The van der Waals surface area contributed by atoms with Crippen LogP contribution in [0.4, 0.5) is 0 Å². The molecule has 2 saturated heterocycles. The summed E-state index contributed by atoms with van der Waals surface area (Å²) in [5, 5.41) is 7.45. The molecular weight excluding hydrogens is 352 g/mol. The number of hydrogen-bond acceptors (Lipinski definition) is 4. The molecule has 3 aliphatic rings. The monoisotopic (exact) mass is 380 g/mol. The van der Waals surface area contributed by atoms with Gasteiger partial charge in [-0.05, 0) is 56.8 Å². The molecule has 0 saturated carbocycles. The lowest BCUT2D eigenvalue weighted by molar-refractivity contribution is 0.0400. The summed E-state index contributed by atoms with van der Waals surface area (Å²) in [6.45, 7) is 3.65. The molecule has 1 aromatic heterocycles. The van der Waals surface area contributed by atoms with E-state index in [2.05, 4.69) is 15.1 Å².